The Labute approximate surface area is 103 Å². The summed E-state index contributed by atoms with van der Waals surface area (Å²) in [6.07, 6.45) is 6.73. The average molecular weight is 248 g/mol. The molecule has 0 fully saturated rings. The Morgan fingerprint density at radius 1 is 1.72 bits per heavy atom. The van der Waals surface area contributed by atoms with Gasteiger partial charge in [0, 0.05) is 6.42 Å². The number of aromatic amines is 1. The Bertz CT molecular complexity index is 517. The number of carbonyl (C=O) groups excluding carboxylic acids is 1. The summed E-state index contributed by atoms with van der Waals surface area (Å²) >= 11 is 0. The van der Waals surface area contributed by atoms with E-state index in [1.807, 2.05) is 0 Å². The number of hydrogen-bond acceptors (Lipinski definition) is 3. The molecule has 94 valence electrons. The van der Waals surface area contributed by atoms with E-state index in [-0.39, 0.29) is 19.5 Å². The number of urea groups is 1. The van der Waals surface area contributed by atoms with Gasteiger partial charge in [-0.15, -0.1) is 6.42 Å². The predicted molar refractivity (Wildman–Crippen MR) is 61.5 cm³/mol. The molecule has 1 unspecified atom stereocenters. The second-order valence-corrected chi connectivity index (χ2v) is 3.88. The number of carbonyl (C=O) groups is 2. The van der Waals surface area contributed by atoms with Crippen molar-refractivity contribution in [2.45, 2.75) is 19.0 Å². The SMILES string of the molecule is C#CCNC(=O)N1Cc2[nH]cnc2CC1C(=O)O. The van der Waals surface area contributed by atoms with Crippen molar-refractivity contribution in [2.24, 2.45) is 0 Å². The Kier molecular flexibility index (Phi) is 3.19. The summed E-state index contributed by atoms with van der Waals surface area (Å²) in [6.45, 7) is 0.250. The molecule has 1 atom stereocenters. The molecule has 0 saturated heterocycles. The number of carboxylic acid groups (broad SMARTS) is 1. The van der Waals surface area contributed by atoms with E-state index in [9.17, 15) is 9.59 Å². The molecule has 0 radical (unpaired) electrons. The van der Waals surface area contributed by atoms with E-state index in [2.05, 4.69) is 21.2 Å². The van der Waals surface area contributed by atoms with Crippen molar-refractivity contribution in [1.82, 2.24) is 20.2 Å². The molecule has 0 bridgehead atoms. The number of nitrogens with one attached hydrogen (secondary N) is 2. The number of nitrogens with zero attached hydrogens (tertiary/aromatic N) is 2. The maximum Gasteiger partial charge on any atom is 0.326 e. The Hall–Kier alpha value is -2.49. The fourth-order valence-corrected chi connectivity index (χ4v) is 1.90. The van der Waals surface area contributed by atoms with E-state index < -0.39 is 18.0 Å². The first kappa shape index (κ1) is 12.0. The first-order valence-electron chi connectivity index (χ1n) is 5.35. The van der Waals surface area contributed by atoms with Crippen LogP contribution in [-0.2, 0) is 17.8 Å². The maximum absolute atomic E-state index is 11.8. The van der Waals surface area contributed by atoms with Crippen LogP contribution in [0.25, 0.3) is 0 Å². The van der Waals surface area contributed by atoms with Crippen LogP contribution in [0, 0.1) is 12.3 Å². The van der Waals surface area contributed by atoms with E-state index in [4.69, 9.17) is 11.5 Å². The lowest BCUT2D eigenvalue weighted by atomic mass is 10.0. The second kappa shape index (κ2) is 4.79. The van der Waals surface area contributed by atoms with Crippen molar-refractivity contribution >= 4 is 12.0 Å². The normalized spacial score (nSPS) is 17.7. The molecule has 1 aliphatic heterocycles. The van der Waals surface area contributed by atoms with Crippen LogP contribution in [0.1, 0.15) is 11.4 Å². The minimum absolute atomic E-state index is 0.0670. The smallest absolute Gasteiger partial charge is 0.326 e. The van der Waals surface area contributed by atoms with E-state index >= 15 is 0 Å². The summed E-state index contributed by atoms with van der Waals surface area (Å²) in [6, 6.07) is -1.40. The lowest BCUT2D eigenvalue weighted by molar-refractivity contribution is -0.142. The Balaban J connectivity index is 2.20. The molecular weight excluding hydrogens is 236 g/mol. The number of amides is 2. The monoisotopic (exact) mass is 248 g/mol. The van der Waals surface area contributed by atoms with Crippen LogP contribution in [0.5, 0.6) is 0 Å². The number of terminal acetylenes is 1. The summed E-state index contributed by atoms with van der Waals surface area (Å²) < 4.78 is 0. The van der Waals surface area contributed by atoms with Crippen molar-refractivity contribution in [1.29, 1.82) is 0 Å². The molecule has 7 nitrogen and oxygen atoms in total. The molecule has 1 aromatic heterocycles. The molecule has 0 aromatic carbocycles. The Morgan fingerprint density at radius 2 is 2.50 bits per heavy atom. The topological polar surface area (TPSA) is 98.3 Å². The molecular formula is C11H12N4O3. The minimum atomic E-state index is -1.06. The van der Waals surface area contributed by atoms with Gasteiger partial charge in [0.25, 0.3) is 0 Å². The third-order valence-corrected chi connectivity index (χ3v) is 2.79. The van der Waals surface area contributed by atoms with Gasteiger partial charge in [-0.25, -0.2) is 14.6 Å². The predicted octanol–water partition coefficient (Wildman–Crippen LogP) is -0.436. The van der Waals surface area contributed by atoms with Gasteiger partial charge in [0.1, 0.15) is 6.04 Å². The van der Waals surface area contributed by atoms with Crippen molar-refractivity contribution < 1.29 is 14.7 Å². The standard InChI is InChI=1S/C11H12N4O3/c1-2-3-12-11(18)15-5-8-7(13-6-14-8)4-9(15)10(16)17/h1,6,9H,3-5H2,(H,12,18)(H,13,14)(H,16,17). The minimum Gasteiger partial charge on any atom is -0.480 e. The maximum atomic E-state index is 11.8. The number of carboxylic acids is 1. The number of imidazole rings is 1. The quantitative estimate of drug-likeness (QED) is 0.618. The molecule has 18 heavy (non-hydrogen) atoms. The summed E-state index contributed by atoms with van der Waals surface area (Å²) in [4.78, 5) is 31.2. The van der Waals surface area contributed by atoms with Crippen LogP contribution < -0.4 is 5.32 Å². The molecule has 1 aromatic rings. The average Bonchev–Trinajstić information content (AvgIpc) is 2.81. The zero-order valence-electron chi connectivity index (χ0n) is 9.51. The molecule has 0 aliphatic carbocycles. The van der Waals surface area contributed by atoms with Crippen molar-refractivity contribution in [3.63, 3.8) is 0 Å². The number of hydrogen-bond donors (Lipinski definition) is 3. The van der Waals surface area contributed by atoms with Gasteiger partial charge in [0.05, 0.1) is 30.8 Å². The molecule has 2 amide bonds. The van der Waals surface area contributed by atoms with Gasteiger partial charge in [-0.3, -0.25) is 0 Å². The highest BCUT2D eigenvalue weighted by molar-refractivity contribution is 5.83. The summed E-state index contributed by atoms with van der Waals surface area (Å²) in [5, 5.41) is 11.6. The molecule has 2 heterocycles. The van der Waals surface area contributed by atoms with Gasteiger partial charge < -0.3 is 20.3 Å². The van der Waals surface area contributed by atoms with Gasteiger partial charge in [0.2, 0.25) is 0 Å². The molecule has 1 aliphatic rings. The lowest BCUT2D eigenvalue weighted by Crippen LogP contribution is -2.52. The van der Waals surface area contributed by atoms with E-state index in [0.29, 0.717) is 5.69 Å². The van der Waals surface area contributed by atoms with Crippen LogP contribution in [0.3, 0.4) is 0 Å². The fraction of sp³-hybridized carbons (Fsp3) is 0.364. The highest BCUT2D eigenvalue weighted by atomic mass is 16.4. The largest absolute Gasteiger partial charge is 0.480 e. The van der Waals surface area contributed by atoms with Gasteiger partial charge >= 0.3 is 12.0 Å². The highest BCUT2D eigenvalue weighted by Crippen LogP contribution is 2.20. The fourth-order valence-electron chi connectivity index (χ4n) is 1.90. The second-order valence-electron chi connectivity index (χ2n) is 3.88. The number of H-pyrrole nitrogens is 1. The molecule has 0 saturated carbocycles. The first-order chi connectivity index (χ1) is 8.63. The van der Waals surface area contributed by atoms with Crippen molar-refractivity contribution in [2.75, 3.05) is 6.54 Å². The van der Waals surface area contributed by atoms with E-state index in [0.717, 1.165) is 5.69 Å². The van der Waals surface area contributed by atoms with E-state index in [1.54, 1.807) is 0 Å². The lowest BCUT2D eigenvalue weighted by Gasteiger charge is -2.32. The van der Waals surface area contributed by atoms with Crippen molar-refractivity contribution in [3.05, 3.63) is 17.7 Å². The third-order valence-electron chi connectivity index (χ3n) is 2.79. The Morgan fingerprint density at radius 3 is 3.17 bits per heavy atom. The number of aliphatic carboxylic acids is 1. The van der Waals surface area contributed by atoms with E-state index in [1.165, 1.54) is 11.2 Å². The molecule has 3 N–H and O–H groups in total. The van der Waals surface area contributed by atoms with Crippen LogP contribution in [0.2, 0.25) is 0 Å². The third kappa shape index (κ3) is 2.13. The summed E-state index contributed by atoms with van der Waals surface area (Å²) in [5.41, 5.74) is 1.44. The zero-order chi connectivity index (χ0) is 13.1. The van der Waals surface area contributed by atoms with Crippen LogP contribution >= 0.6 is 0 Å². The van der Waals surface area contributed by atoms with Crippen LogP contribution in [0.4, 0.5) is 4.79 Å². The van der Waals surface area contributed by atoms with Crippen LogP contribution in [-0.4, -0.2) is 44.6 Å². The summed E-state index contributed by atoms with van der Waals surface area (Å²) in [5.74, 6) is 1.21. The first-order valence-corrected chi connectivity index (χ1v) is 5.35. The number of aromatic nitrogens is 2. The zero-order valence-corrected chi connectivity index (χ0v) is 9.51. The van der Waals surface area contributed by atoms with Crippen LogP contribution in [0.15, 0.2) is 6.33 Å². The van der Waals surface area contributed by atoms with Gasteiger partial charge in [-0.05, 0) is 0 Å². The molecule has 7 heteroatoms. The van der Waals surface area contributed by atoms with Gasteiger partial charge in [-0.1, -0.05) is 5.92 Å². The molecule has 0 spiro atoms. The molecule has 2 rings (SSSR count). The summed E-state index contributed by atoms with van der Waals surface area (Å²) in [7, 11) is 0. The van der Waals surface area contributed by atoms with Gasteiger partial charge in [0.15, 0.2) is 0 Å². The van der Waals surface area contributed by atoms with Gasteiger partial charge in [-0.2, -0.15) is 0 Å². The highest BCUT2D eigenvalue weighted by Gasteiger charge is 2.35. The van der Waals surface area contributed by atoms with Crippen molar-refractivity contribution in [3.8, 4) is 12.3 Å². The number of fused-ring (bicyclic) bond motifs is 1. The number of rotatable bonds is 2.